The Bertz CT molecular complexity index is 1000. The van der Waals surface area contributed by atoms with Gasteiger partial charge in [-0.3, -0.25) is 9.59 Å². The molecule has 0 saturated carbocycles. The molecule has 2 aromatic rings. The van der Waals surface area contributed by atoms with Crippen LogP contribution < -0.4 is 19.7 Å². The Morgan fingerprint density at radius 1 is 0.912 bits per heavy atom. The smallest absolute Gasteiger partial charge is 0.263 e. The molecule has 0 aliphatic carbocycles. The Labute approximate surface area is 202 Å². The molecule has 0 unspecified atom stereocenters. The molecule has 4 rings (SSSR count). The maximum atomic E-state index is 13.6. The summed E-state index contributed by atoms with van der Waals surface area (Å²) in [5.74, 6) is 1.26. The number of benzene rings is 2. The average Bonchev–Trinajstić information content (AvgIpc) is 2.88. The molecule has 2 heterocycles. The summed E-state index contributed by atoms with van der Waals surface area (Å²) in [6, 6.07) is 10.9. The highest BCUT2D eigenvalue weighted by molar-refractivity contribution is 6.09. The number of piperidine rings is 2. The van der Waals surface area contributed by atoms with Crippen molar-refractivity contribution in [1.29, 1.82) is 0 Å². The monoisotopic (exact) mass is 465 g/mol. The zero-order valence-corrected chi connectivity index (χ0v) is 20.4. The molecule has 0 spiro atoms. The Kier molecular flexibility index (Phi) is 7.60. The van der Waals surface area contributed by atoms with Crippen molar-refractivity contribution < 1.29 is 19.1 Å². The van der Waals surface area contributed by atoms with E-state index >= 15 is 0 Å². The Balaban J connectivity index is 1.65. The standard InChI is InChI=1S/C27H35N3O4/c1-19-12-16-29(17-13-19)22-11-10-20(18-21(22)27(32)30-14-5-4-6-15-30)28-26(31)25-23(33-2)8-7-9-24(25)34-3/h7-11,18-19H,4-6,12-17H2,1-3H3,(H,28,31). The highest BCUT2D eigenvalue weighted by Gasteiger charge is 2.26. The van der Waals surface area contributed by atoms with E-state index < -0.39 is 0 Å². The summed E-state index contributed by atoms with van der Waals surface area (Å²) in [5.41, 5.74) is 2.51. The Hall–Kier alpha value is -3.22. The second-order valence-electron chi connectivity index (χ2n) is 9.25. The lowest BCUT2D eigenvalue weighted by Gasteiger charge is -2.35. The number of methoxy groups -OCH3 is 2. The van der Waals surface area contributed by atoms with Gasteiger partial charge < -0.3 is 24.6 Å². The van der Waals surface area contributed by atoms with Crippen molar-refractivity contribution in [2.24, 2.45) is 5.92 Å². The number of anilines is 2. The highest BCUT2D eigenvalue weighted by Crippen LogP contribution is 2.32. The summed E-state index contributed by atoms with van der Waals surface area (Å²) in [4.78, 5) is 31.0. The van der Waals surface area contributed by atoms with E-state index in [-0.39, 0.29) is 11.8 Å². The van der Waals surface area contributed by atoms with Crippen LogP contribution in [-0.4, -0.2) is 57.1 Å². The van der Waals surface area contributed by atoms with E-state index in [0.29, 0.717) is 34.2 Å². The number of carbonyl (C=O) groups is 2. The maximum Gasteiger partial charge on any atom is 0.263 e. The first kappa shape index (κ1) is 23.9. The van der Waals surface area contributed by atoms with Crippen molar-refractivity contribution in [3.8, 4) is 11.5 Å². The van der Waals surface area contributed by atoms with Gasteiger partial charge in [-0.05, 0) is 68.4 Å². The van der Waals surface area contributed by atoms with E-state index in [1.165, 1.54) is 14.2 Å². The van der Waals surface area contributed by atoms with Gasteiger partial charge in [-0.25, -0.2) is 0 Å². The number of nitrogens with zero attached hydrogens (tertiary/aromatic N) is 2. The van der Waals surface area contributed by atoms with Crippen molar-refractivity contribution in [2.75, 3.05) is 50.6 Å². The fraction of sp³-hybridized carbons (Fsp3) is 0.481. The second kappa shape index (κ2) is 10.8. The number of carbonyl (C=O) groups excluding carboxylic acids is 2. The largest absolute Gasteiger partial charge is 0.496 e. The molecule has 2 saturated heterocycles. The molecule has 2 aliphatic heterocycles. The van der Waals surface area contributed by atoms with E-state index in [9.17, 15) is 9.59 Å². The normalized spacial score (nSPS) is 16.8. The zero-order chi connectivity index (χ0) is 24.1. The number of hydrogen-bond donors (Lipinski definition) is 1. The third-order valence-electron chi connectivity index (χ3n) is 6.91. The van der Waals surface area contributed by atoms with E-state index in [0.717, 1.165) is 64.0 Å². The molecule has 2 aliphatic rings. The van der Waals surface area contributed by atoms with Crippen LogP contribution in [0.1, 0.15) is 59.7 Å². The first-order valence-electron chi connectivity index (χ1n) is 12.2. The van der Waals surface area contributed by atoms with Crippen LogP contribution in [0.5, 0.6) is 11.5 Å². The van der Waals surface area contributed by atoms with Crippen LogP contribution in [0.3, 0.4) is 0 Å². The molecule has 182 valence electrons. The summed E-state index contributed by atoms with van der Waals surface area (Å²) in [6.45, 7) is 5.72. The number of likely N-dealkylation sites (tertiary alicyclic amines) is 1. The molecule has 2 aromatic carbocycles. The third-order valence-corrected chi connectivity index (χ3v) is 6.91. The Morgan fingerprint density at radius 2 is 1.56 bits per heavy atom. The molecule has 7 heteroatoms. The van der Waals surface area contributed by atoms with Crippen LogP contribution in [0.2, 0.25) is 0 Å². The van der Waals surface area contributed by atoms with Crippen LogP contribution in [0, 0.1) is 5.92 Å². The minimum absolute atomic E-state index is 0.0410. The van der Waals surface area contributed by atoms with Crippen molar-refractivity contribution in [3.05, 3.63) is 47.5 Å². The van der Waals surface area contributed by atoms with Crippen LogP contribution >= 0.6 is 0 Å². The van der Waals surface area contributed by atoms with E-state index in [2.05, 4.69) is 17.1 Å². The topological polar surface area (TPSA) is 71.1 Å². The maximum absolute atomic E-state index is 13.6. The van der Waals surface area contributed by atoms with Crippen LogP contribution in [0.4, 0.5) is 11.4 Å². The van der Waals surface area contributed by atoms with Crippen LogP contribution in [0.15, 0.2) is 36.4 Å². The Morgan fingerprint density at radius 3 is 2.18 bits per heavy atom. The van der Waals surface area contributed by atoms with Gasteiger partial charge in [-0.2, -0.15) is 0 Å². The molecule has 2 fully saturated rings. The van der Waals surface area contributed by atoms with Gasteiger partial charge >= 0.3 is 0 Å². The molecule has 1 N–H and O–H groups in total. The van der Waals surface area contributed by atoms with Crippen molar-refractivity contribution >= 4 is 23.2 Å². The van der Waals surface area contributed by atoms with Crippen molar-refractivity contribution in [3.63, 3.8) is 0 Å². The van der Waals surface area contributed by atoms with Gasteiger partial charge in [0.25, 0.3) is 11.8 Å². The lowest BCUT2D eigenvalue weighted by atomic mass is 9.97. The summed E-state index contributed by atoms with van der Waals surface area (Å²) in [7, 11) is 3.05. The molecular formula is C27H35N3O4. The van der Waals surface area contributed by atoms with Crippen LogP contribution in [-0.2, 0) is 0 Å². The summed E-state index contributed by atoms with van der Waals surface area (Å²) >= 11 is 0. The number of ether oxygens (including phenoxy) is 2. The fourth-order valence-corrected chi connectivity index (χ4v) is 4.85. The quantitative estimate of drug-likeness (QED) is 0.662. The third kappa shape index (κ3) is 5.13. The summed E-state index contributed by atoms with van der Waals surface area (Å²) < 4.78 is 10.8. The first-order chi connectivity index (χ1) is 16.5. The molecule has 0 radical (unpaired) electrons. The minimum atomic E-state index is -0.342. The second-order valence-corrected chi connectivity index (χ2v) is 9.25. The number of amides is 2. The highest BCUT2D eigenvalue weighted by atomic mass is 16.5. The number of rotatable bonds is 6. The predicted molar refractivity (Wildman–Crippen MR) is 134 cm³/mol. The van der Waals surface area contributed by atoms with E-state index in [4.69, 9.17) is 9.47 Å². The van der Waals surface area contributed by atoms with Gasteiger partial charge in [0, 0.05) is 37.6 Å². The molecular weight excluding hydrogens is 430 g/mol. The molecule has 34 heavy (non-hydrogen) atoms. The van der Waals surface area contributed by atoms with Gasteiger partial charge in [-0.15, -0.1) is 0 Å². The summed E-state index contributed by atoms with van der Waals surface area (Å²) in [6.07, 6.45) is 5.46. The van der Waals surface area contributed by atoms with Gasteiger partial charge in [0.05, 0.1) is 19.8 Å². The van der Waals surface area contributed by atoms with E-state index in [1.54, 1.807) is 18.2 Å². The molecule has 7 nitrogen and oxygen atoms in total. The first-order valence-corrected chi connectivity index (χ1v) is 12.2. The SMILES string of the molecule is COc1cccc(OC)c1C(=O)Nc1ccc(N2CCC(C)CC2)c(C(=O)N2CCCCC2)c1. The number of nitrogens with one attached hydrogen (secondary N) is 1. The lowest BCUT2D eigenvalue weighted by molar-refractivity contribution is 0.0724. The van der Waals surface area contributed by atoms with Gasteiger partial charge in [0.15, 0.2) is 0 Å². The molecule has 0 aromatic heterocycles. The van der Waals surface area contributed by atoms with Crippen LogP contribution in [0.25, 0.3) is 0 Å². The van der Waals surface area contributed by atoms with E-state index in [1.807, 2.05) is 23.1 Å². The van der Waals surface area contributed by atoms with Crippen molar-refractivity contribution in [2.45, 2.75) is 39.0 Å². The molecule has 0 atom stereocenters. The predicted octanol–water partition coefficient (Wildman–Crippen LogP) is 4.82. The van der Waals surface area contributed by atoms with Crippen molar-refractivity contribution in [1.82, 2.24) is 4.90 Å². The van der Waals surface area contributed by atoms with Gasteiger partial charge in [0.1, 0.15) is 17.1 Å². The number of hydrogen-bond acceptors (Lipinski definition) is 5. The molecule has 2 amide bonds. The van der Waals surface area contributed by atoms with Gasteiger partial charge in [-0.1, -0.05) is 13.0 Å². The fourth-order valence-electron chi connectivity index (χ4n) is 4.85. The molecule has 0 bridgehead atoms. The lowest BCUT2D eigenvalue weighted by Crippen LogP contribution is -2.38. The van der Waals surface area contributed by atoms with Gasteiger partial charge in [0.2, 0.25) is 0 Å². The zero-order valence-electron chi connectivity index (χ0n) is 20.4. The minimum Gasteiger partial charge on any atom is -0.496 e. The average molecular weight is 466 g/mol. The summed E-state index contributed by atoms with van der Waals surface area (Å²) in [5, 5.41) is 2.95.